The van der Waals surface area contributed by atoms with Crippen LogP contribution in [0.15, 0.2) is 35.6 Å². The van der Waals surface area contributed by atoms with Crippen LogP contribution in [0.1, 0.15) is 17.5 Å². The summed E-state index contributed by atoms with van der Waals surface area (Å²) in [4.78, 5) is 12.2. The predicted octanol–water partition coefficient (Wildman–Crippen LogP) is 1.60. The lowest BCUT2D eigenvalue weighted by atomic mass is 9.59. The first kappa shape index (κ1) is 14.3. The molecule has 1 heterocycles. The van der Waals surface area contributed by atoms with E-state index in [2.05, 4.69) is 5.32 Å². The Balaban J connectivity index is 1.99. The molecule has 5 heteroatoms. The minimum Gasteiger partial charge on any atom is -0.504 e. The van der Waals surface area contributed by atoms with E-state index >= 15 is 0 Å². The highest BCUT2D eigenvalue weighted by molar-refractivity contribution is 6.05. The molecule has 1 aromatic rings. The maximum absolute atomic E-state index is 12.2. The van der Waals surface area contributed by atoms with Gasteiger partial charge in [-0.2, -0.15) is 0 Å². The first-order chi connectivity index (χ1) is 11.1. The molecule has 0 radical (unpaired) electrons. The smallest absolute Gasteiger partial charge is 0.220 e. The Morgan fingerprint density at radius 2 is 2.13 bits per heavy atom. The Morgan fingerprint density at radius 1 is 1.30 bits per heavy atom. The predicted molar refractivity (Wildman–Crippen MR) is 84.6 cm³/mol. The normalized spacial score (nSPS) is 28.3. The van der Waals surface area contributed by atoms with Crippen LogP contribution in [0, 0.1) is 0 Å². The van der Waals surface area contributed by atoms with Gasteiger partial charge in [0.05, 0.1) is 14.2 Å². The molecule has 5 nitrogen and oxygen atoms in total. The van der Waals surface area contributed by atoms with E-state index in [-0.39, 0.29) is 23.0 Å². The van der Waals surface area contributed by atoms with Gasteiger partial charge in [0.2, 0.25) is 5.78 Å². The zero-order chi connectivity index (χ0) is 16.2. The fraction of sp³-hybridized carbons (Fsp3) is 0.389. The van der Waals surface area contributed by atoms with Crippen molar-refractivity contribution in [2.24, 2.45) is 0 Å². The Labute approximate surface area is 134 Å². The molecule has 0 spiro atoms. The van der Waals surface area contributed by atoms with E-state index in [9.17, 15) is 9.90 Å². The van der Waals surface area contributed by atoms with Crippen molar-refractivity contribution in [2.45, 2.75) is 24.3 Å². The quantitative estimate of drug-likeness (QED) is 0.868. The SMILES string of the molecule is COC1=C[C@]23CCN[C@H](Cc4cc(O)c(OC)cc42)C3=CC1=O. The van der Waals surface area contributed by atoms with Crippen LogP contribution in [0.3, 0.4) is 0 Å². The van der Waals surface area contributed by atoms with Crippen molar-refractivity contribution in [3.63, 3.8) is 0 Å². The Bertz CT molecular complexity index is 765. The monoisotopic (exact) mass is 313 g/mol. The minimum absolute atomic E-state index is 0.0824. The van der Waals surface area contributed by atoms with Gasteiger partial charge in [0, 0.05) is 11.5 Å². The number of rotatable bonds is 2. The molecule has 23 heavy (non-hydrogen) atoms. The van der Waals surface area contributed by atoms with Crippen LogP contribution in [-0.4, -0.2) is 37.7 Å². The summed E-state index contributed by atoms with van der Waals surface area (Å²) in [5.74, 6) is 0.907. The van der Waals surface area contributed by atoms with Crippen molar-refractivity contribution < 1.29 is 19.4 Å². The Hall–Kier alpha value is -2.27. The van der Waals surface area contributed by atoms with Gasteiger partial charge in [0.1, 0.15) is 0 Å². The number of carbonyl (C=O) groups is 1. The number of phenolic OH excluding ortho intramolecular Hbond substituents is 1. The highest BCUT2D eigenvalue weighted by Crippen LogP contribution is 2.51. The molecule has 0 saturated carbocycles. The van der Waals surface area contributed by atoms with Crippen LogP contribution in [0.2, 0.25) is 0 Å². The fourth-order valence-corrected chi connectivity index (χ4v) is 4.19. The zero-order valence-corrected chi connectivity index (χ0v) is 13.2. The summed E-state index contributed by atoms with van der Waals surface area (Å²) < 4.78 is 10.6. The second-order valence-electron chi connectivity index (χ2n) is 6.29. The third kappa shape index (κ3) is 1.86. The Kier molecular flexibility index (Phi) is 3.03. The van der Waals surface area contributed by atoms with Gasteiger partial charge >= 0.3 is 0 Å². The summed E-state index contributed by atoms with van der Waals surface area (Å²) in [6.07, 6.45) is 5.27. The number of allylic oxidation sites excluding steroid dienone is 2. The fourth-order valence-electron chi connectivity index (χ4n) is 4.19. The first-order valence-electron chi connectivity index (χ1n) is 7.76. The van der Waals surface area contributed by atoms with Gasteiger partial charge in [-0.05, 0) is 60.4 Å². The van der Waals surface area contributed by atoms with E-state index in [0.717, 1.165) is 36.1 Å². The van der Waals surface area contributed by atoms with Crippen molar-refractivity contribution in [3.8, 4) is 11.5 Å². The van der Waals surface area contributed by atoms with Gasteiger partial charge in [0.15, 0.2) is 17.3 Å². The van der Waals surface area contributed by atoms with E-state index in [4.69, 9.17) is 9.47 Å². The molecule has 0 unspecified atom stereocenters. The van der Waals surface area contributed by atoms with Crippen LogP contribution in [0.4, 0.5) is 0 Å². The summed E-state index contributed by atoms with van der Waals surface area (Å²) >= 11 is 0. The first-order valence-corrected chi connectivity index (χ1v) is 7.76. The molecular weight excluding hydrogens is 294 g/mol. The second-order valence-corrected chi connectivity index (χ2v) is 6.29. The molecule has 1 aromatic carbocycles. The average molecular weight is 313 g/mol. The number of ether oxygens (including phenoxy) is 2. The summed E-state index contributed by atoms with van der Waals surface area (Å²) in [7, 11) is 3.07. The van der Waals surface area contributed by atoms with Crippen molar-refractivity contribution in [3.05, 3.63) is 46.7 Å². The summed E-state index contributed by atoms with van der Waals surface area (Å²) in [6, 6.07) is 3.80. The third-order valence-electron chi connectivity index (χ3n) is 5.24. The molecule has 1 fully saturated rings. The highest BCUT2D eigenvalue weighted by atomic mass is 16.5. The van der Waals surface area contributed by atoms with Crippen molar-refractivity contribution in [2.75, 3.05) is 20.8 Å². The summed E-state index contributed by atoms with van der Waals surface area (Å²) in [5.41, 5.74) is 2.91. The summed E-state index contributed by atoms with van der Waals surface area (Å²) in [5, 5.41) is 13.6. The topological polar surface area (TPSA) is 67.8 Å². The number of aromatic hydroxyl groups is 1. The van der Waals surface area contributed by atoms with Gasteiger partial charge in [-0.3, -0.25) is 4.79 Å². The number of methoxy groups -OCH3 is 2. The molecule has 1 aliphatic heterocycles. The minimum atomic E-state index is -0.357. The number of nitrogens with one attached hydrogen (secondary N) is 1. The van der Waals surface area contributed by atoms with Gasteiger partial charge in [-0.15, -0.1) is 0 Å². The lowest BCUT2D eigenvalue weighted by Gasteiger charge is -2.49. The number of fused-ring (bicyclic) bond motifs is 1. The zero-order valence-electron chi connectivity index (χ0n) is 13.2. The standard InChI is InChI=1S/C18H19NO4/c1-22-16-8-11-10(6-14(16)20)5-13-12-7-15(21)17(23-2)9-18(11,12)3-4-19-13/h6-9,13,19-20H,3-5H2,1-2H3/t13-,18-/m1/s1. The number of ketones is 1. The molecule has 2 bridgehead atoms. The van der Waals surface area contributed by atoms with E-state index in [0.29, 0.717) is 11.5 Å². The molecule has 3 aliphatic rings. The number of hydrogen-bond donors (Lipinski definition) is 2. The van der Waals surface area contributed by atoms with Crippen molar-refractivity contribution >= 4 is 5.78 Å². The van der Waals surface area contributed by atoms with E-state index < -0.39 is 0 Å². The van der Waals surface area contributed by atoms with Gasteiger partial charge < -0.3 is 19.9 Å². The Morgan fingerprint density at radius 3 is 2.87 bits per heavy atom. The molecule has 1 saturated heterocycles. The van der Waals surface area contributed by atoms with Gasteiger partial charge in [0.25, 0.3) is 0 Å². The average Bonchev–Trinajstić information content (AvgIpc) is 2.54. The van der Waals surface area contributed by atoms with Crippen LogP contribution < -0.4 is 10.1 Å². The molecule has 2 aliphatic carbocycles. The molecule has 0 amide bonds. The van der Waals surface area contributed by atoms with Crippen LogP contribution in [0.25, 0.3) is 0 Å². The summed E-state index contributed by atoms with van der Waals surface area (Å²) in [6.45, 7) is 0.867. The van der Waals surface area contributed by atoms with Crippen LogP contribution in [-0.2, 0) is 21.4 Å². The third-order valence-corrected chi connectivity index (χ3v) is 5.24. The molecule has 2 N–H and O–H groups in total. The van der Waals surface area contributed by atoms with Crippen molar-refractivity contribution in [1.82, 2.24) is 5.32 Å². The van der Waals surface area contributed by atoms with Gasteiger partial charge in [-0.1, -0.05) is 0 Å². The lowest BCUT2D eigenvalue weighted by molar-refractivity contribution is -0.114. The number of carbonyl (C=O) groups excluding carboxylic acids is 1. The lowest BCUT2D eigenvalue weighted by Crippen LogP contribution is -2.53. The van der Waals surface area contributed by atoms with E-state index in [1.165, 1.54) is 7.11 Å². The van der Waals surface area contributed by atoms with E-state index in [1.54, 1.807) is 19.3 Å². The molecule has 4 rings (SSSR count). The van der Waals surface area contributed by atoms with Gasteiger partial charge in [-0.25, -0.2) is 0 Å². The van der Waals surface area contributed by atoms with Crippen LogP contribution in [0.5, 0.6) is 11.5 Å². The van der Waals surface area contributed by atoms with E-state index in [1.807, 2.05) is 12.1 Å². The maximum atomic E-state index is 12.2. The number of benzene rings is 1. The molecule has 120 valence electrons. The van der Waals surface area contributed by atoms with Crippen LogP contribution >= 0.6 is 0 Å². The number of phenols is 1. The molecule has 2 atom stereocenters. The molecular formula is C18H19NO4. The van der Waals surface area contributed by atoms with Crippen molar-refractivity contribution in [1.29, 1.82) is 0 Å². The largest absolute Gasteiger partial charge is 0.504 e. The highest BCUT2D eigenvalue weighted by Gasteiger charge is 2.49. The number of piperidine rings is 1. The second kappa shape index (κ2) is 4.86. The molecule has 0 aromatic heterocycles. The number of hydrogen-bond acceptors (Lipinski definition) is 5. The maximum Gasteiger partial charge on any atom is 0.220 e.